The molecule has 1 aromatic heterocycles. The summed E-state index contributed by atoms with van der Waals surface area (Å²) in [4.78, 5) is 0. The summed E-state index contributed by atoms with van der Waals surface area (Å²) in [5, 5.41) is 4.53. The normalized spacial score (nSPS) is 10.8. The molecule has 3 rings (SSSR count). The van der Waals surface area contributed by atoms with Gasteiger partial charge in [0.25, 0.3) is 0 Å². The van der Waals surface area contributed by atoms with Gasteiger partial charge in [0.2, 0.25) is 0 Å². The number of nitrogens with two attached hydrogens (primary N) is 1. The van der Waals surface area contributed by atoms with Gasteiger partial charge in [-0.15, -0.1) is 0 Å². The smallest absolute Gasteiger partial charge is 0.123 e. The fourth-order valence-electron chi connectivity index (χ4n) is 2.24. The van der Waals surface area contributed by atoms with Crippen LogP contribution >= 0.6 is 0 Å². The minimum atomic E-state index is -0.251. The maximum absolute atomic E-state index is 13.1. The standard InChI is InChI=1S/C17H16FN3/c1-12-2-8-16(9-3-12)21-17(10-15(11-19)20-21)13-4-6-14(18)7-5-13/h2-10H,11,19H2,1H3. The molecule has 0 aliphatic heterocycles. The number of nitrogens with zero attached hydrogens (tertiary/aromatic N) is 2. The molecule has 0 saturated heterocycles. The van der Waals surface area contributed by atoms with E-state index in [1.807, 2.05) is 41.9 Å². The first-order valence-electron chi connectivity index (χ1n) is 6.79. The Balaban J connectivity index is 2.13. The molecule has 3 aromatic rings. The molecule has 0 aliphatic carbocycles. The molecule has 1 heterocycles. The van der Waals surface area contributed by atoms with E-state index in [0.29, 0.717) is 6.54 Å². The Morgan fingerprint density at radius 3 is 2.33 bits per heavy atom. The van der Waals surface area contributed by atoms with E-state index in [-0.39, 0.29) is 5.82 Å². The second kappa shape index (κ2) is 5.50. The van der Waals surface area contributed by atoms with Crippen molar-refractivity contribution in [1.29, 1.82) is 0 Å². The number of halogens is 1. The predicted molar refractivity (Wildman–Crippen MR) is 81.6 cm³/mol. The zero-order chi connectivity index (χ0) is 14.8. The Labute approximate surface area is 122 Å². The van der Waals surface area contributed by atoms with Crippen LogP contribution in [0.3, 0.4) is 0 Å². The monoisotopic (exact) mass is 281 g/mol. The number of hydrogen-bond donors (Lipinski definition) is 1. The van der Waals surface area contributed by atoms with E-state index in [1.54, 1.807) is 12.1 Å². The summed E-state index contributed by atoms with van der Waals surface area (Å²) in [7, 11) is 0. The largest absolute Gasteiger partial charge is 0.325 e. The van der Waals surface area contributed by atoms with Crippen molar-refractivity contribution in [3.8, 4) is 16.9 Å². The van der Waals surface area contributed by atoms with Gasteiger partial charge in [-0.1, -0.05) is 17.7 Å². The summed E-state index contributed by atoms with van der Waals surface area (Å²) in [5.41, 5.74) is 10.5. The predicted octanol–water partition coefficient (Wildman–Crippen LogP) is 3.45. The van der Waals surface area contributed by atoms with Crippen molar-refractivity contribution in [2.24, 2.45) is 5.73 Å². The number of aromatic nitrogens is 2. The Kier molecular flexibility index (Phi) is 3.54. The Morgan fingerprint density at radius 2 is 1.71 bits per heavy atom. The molecule has 0 aliphatic rings. The zero-order valence-corrected chi connectivity index (χ0v) is 11.8. The number of benzene rings is 2. The van der Waals surface area contributed by atoms with Crippen LogP contribution < -0.4 is 5.73 Å². The lowest BCUT2D eigenvalue weighted by Gasteiger charge is -2.08. The molecular formula is C17H16FN3. The molecular weight excluding hydrogens is 265 g/mol. The van der Waals surface area contributed by atoms with E-state index in [4.69, 9.17) is 5.73 Å². The number of rotatable bonds is 3. The van der Waals surface area contributed by atoms with Gasteiger partial charge in [-0.3, -0.25) is 0 Å². The van der Waals surface area contributed by atoms with E-state index < -0.39 is 0 Å². The first kappa shape index (κ1) is 13.5. The van der Waals surface area contributed by atoms with E-state index >= 15 is 0 Å². The van der Waals surface area contributed by atoms with Crippen LogP contribution in [0.5, 0.6) is 0 Å². The average molecular weight is 281 g/mol. The second-order valence-corrected chi connectivity index (χ2v) is 4.98. The highest BCUT2D eigenvalue weighted by atomic mass is 19.1. The van der Waals surface area contributed by atoms with Gasteiger partial charge in [0.1, 0.15) is 5.82 Å². The molecule has 3 nitrogen and oxygen atoms in total. The highest BCUT2D eigenvalue weighted by molar-refractivity contribution is 5.62. The third kappa shape index (κ3) is 2.71. The summed E-state index contributed by atoms with van der Waals surface area (Å²) in [5.74, 6) is -0.251. The number of aryl methyl sites for hydroxylation is 1. The van der Waals surface area contributed by atoms with Gasteiger partial charge in [0.15, 0.2) is 0 Å². The first-order valence-corrected chi connectivity index (χ1v) is 6.79. The van der Waals surface area contributed by atoms with Crippen LogP contribution in [0.25, 0.3) is 16.9 Å². The van der Waals surface area contributed by atoms with Gasteiger partial charge in [-0.05, 0) is 49.4 Å². The van der Waals surface area contributed by atoms with Crippen molar-refractivity contribution >= 4 is 0 Å². The minimum absolute atomic E-state index is 0.251. The van der Waals surface area contributed by atoms with E-state index in [1.165, 1.54) is 17.7 Å². The van der Waals surface area contributed by atoms with Crippen LogP contribution in [0.2, 0.25) is 0 Å². The third-order valence-corrected chi connectivity index (χ3v) is 3.39. The molecule has 0 saturated carbocycles. The van der Waals surface area contributed by atoms with Crippen LogP contribution in [0, 0.1) is 12.7 Å². The van der Waals surface area contributed by atoms with Gasteiger partial charge >= 0.3 is 0 Å². The van der Waals surface area contributed by atoms with E-state index in [2.05, 4.69) is 5.10 Å². The molecule has 2 aromatic carbocycles. The topological polar surface area (TPSA) is 43.8 Å². The SMILES string of the molecule is Cc1ccc(-n2nc(CN)cc2-c2ccc(F)cc2)cc1. The van der Waals surface area contributed by atoms with Gasteiger partial charge in [0, 0.05) is 12.1 Å². The molecule has 0 atom stereocenters. The van der Waals surface area contributed by atoms with Crippen molar-refractivity contribution in [1.82, 2.24) is 9.78 Å². The molecule has 0 radical (unpaired) electrons. The summed E-state index contributed by atoms with van der Waals surface area (Å²) in [6.45, 7) is 2.41. The van der Waals surface area contributed by atoms with Gasteiger partial charge in [-0.2, -0.15) is 5.10 Å². The van der Waals surface area contributed by atoms with Gasteiger partial charge in [0.05, 0.1) is 17.1 Å². The van der Waals surface area contributed by atoms with Crippen molar-refractivity contribution in [3.63, 3.8) is 0 Å². The second-order valence-electron chi connectivity index (χ2n) is 4.98. The van der Waals surface area contributed by atoms with E-state index in [0.717, 1.165) is 22.6 Å². The molecule has 0 spiro atoms. The molecule has 0 unspecified atom stereocenters. The Hall–Kier alpha value is -2.46. The van der Waals surface area contributed by atoms with Crippen LogP contribution in [0.1, 0.15) is 11.3 Å². The fraction of sp³-hybridized carbons (Fsp3) is 0.118. The summed E-state index contributed by atoms with van der Waals surface area (Å²) < 4.78 is 14.9. The van der Waals surface area contributed by atoms with Crippen LogP contribution in [0.4, 0.5) is 4.39 Å². The van der Waals surface area contributed by atoms with Crippen LogP contribution in [-0.2, 0) is 6.54 Å². The van der Waals surface area contributed by atoms with Gasteiger partial charge < -0.3 is 5.73 Å². The quantitative estimate of drug-likeness (QED) is 0.799. The highest BCUT2D eigenvalue weighted by Gasteiger charge is 2.11. The zero-order valence-electron chi connectivity index (χ0n) is 11.8. The van der Waals surface area contributed by atoms with Crippen LogP contribution in [0.15, 0.2) is 54.6 Å². The molecule has 106 valence electrons. The first-order chi connectivity index (χ1) is 10.2. The highest BCUT2D eigenvalue weighted by Crippen LogP contribution is 2.24. The van der Waals surface area contributed by atoms with Crippen molar-refractivity contribution in [3.05, 3.63) is 71.7 Å². The maximum Gasteiger partial charge on any atom is 0.123 e. The maximum atomic E-state index is 13.1. The van der Waals surface area contributed by atoms with Crippen molar-refractivity contribution in [2.75, 3.05) is 0 Å². The molecule has 2 N–H and O–H groups in total. The Bertz CT molecular complexity index is 680. The summed E-state index contributed by atoms with van der Waals surface area (Å²) in [6, 6.07) is 16.4. The summed E-state index contributed by atoms with van der Waals surface area (Å²) >= 11 is 0. The number of hydrogen-bond acceptors (Lipinski definition) is 2. The van der Waals surface area contributed by atoms with Crippen molar-refractivity contribution in [2.45, 2.75) is 13.5 Å². The molecule has 4 heteroatoms. The molecule has 0 bridgehead atoms. The lowest BCUT2D eigenvalue weighted by Crippen LogP contribution is -2.01. The van der Waals surface area contributed by atoms with Gasteiger partial charge in [-0.25, -0.2) is 9.07 Å². The lowest BCUT2D eigenvalue weighted by atomic mass is 10.1. The lowest BCUT2D eigenvalue weighted by molar-refractivity contribution is 0.628. The van der Waals surface area contributed by atoms with E-state index in [9.17, 15) is 4.39 Å². The average Bonchev–Trinajstić information content (AvgIpc) is 2.93. The fourth-order valence-corrected chi connectivity index (χ4v) is 2.24. The Morgan fingerprint density at radius 1 is 1.05 bits per heavy atom. The third-order valence-electron chi connectivity index (χ3n) is 3.39. The van der Waals surface area contributed by atoms with Crippen molar-refractivity contribution < 1.29 is 4.39 Å². The molecule has 0 amide bonds. The molecule has 21 heavy (non-hydrogen) atoms. The summed E-state index contributed by atoms with van der Waals surface area (Å²) in [6.07, 6.45) is 0. The minimum Gasteiger partial charge on any atom is -0.325 e. The van der Waals surface area contributed by atoms with Crippen LogP contribution in [-0.4, -0.2) is 9.78 Å². The molecule has 0 fully saturated rings.